The summed E-state index contributed by atoms with van der Waals surface area (Å²) < 4.78 is 6.45. The number of benzene rings is 5. The van der Waals surface area contributed by atoms with Crippen molar-refractivity contribution in [2.45, 2.75) is 59.8 Å². The van der Waals surface area contributed by atoms with Gasteiger partial charge in [0.05, 0.1) is 17.1 Å². The Morgan fingerprint density at radius 1 is 0.735 bits per heavy atom. The number of rotatable bonds is 9. The van der Waals surface area contributed by atoms with Crippen LogP contribution in [-0.4, -0.2) is 0 Å². The molecule has 0 saturated carbocycles. The first-order chi connectivity index (χ1) is 23.6. The van der Waals surface area contributed by atoms with Crippen molar-refractivity contribution >= 4 is 28.2 Å². The van der Waals surface area contributed by atoms with Crippen LogP contribution in [0, 0.1) is 11.8 Å². The summed E-state index contributed by atoms with van der Waals surface area (Å²) >= 11 is 0. The molecule has 7 rings (SSSR count). The zero-order valence-electron chi connectivity index (χ0n) is 29.8. The third kappa shape index (κ3) is 5.64. The molecule has 0 saturated heterocycles. The maximum Gasteiger partial charge on any atom is 0.151 e. The van der Waals surface area contributed by atoms with E-state index in [2.05, 4.69) is 163 Å². The molecule has 246 valence electrons. The second-order valence-electron chi connectivity index (χ2n) is 14.3. The molecular formula is C47H47NO. The van der Waals surface area contributed by atoms with Crippen molar-refractivity contribution in [2.24, 2.45) is 11.8 Å². The Hall–Kier alpha value is -5.08. The number of para-hydroxylation sites is 3. The summed E-state index contributed by atoms with van der Waals surface area (Å²) in [5, 5.41) is 0. The molecule has 0 bridgehead atoms. The Morgan fingerprint density at radius 2 is 1.41 bits per heavy atom. The third-order valence-corrected chi connectivity index (χ3v) is 11.0. The van der Waals surface area contributed by atoms with Crippen LogP contribution in [-0.2, 0) is 5.41 Å². The van der Waals surface area contributed by atoms with Crippen molar-refractivity contribution in [3.05, 3.63) is 151 Å². The Kier molecular flexibility index (Phi) is 8.45. The van der Waals surface area contributed by atoms with Crippen LogP contribution in [0.4, 0.5) is 17.1 Å². The van der Waals surface area contributed by atoms with Crippen molar-refractivity contribution in [3.8, 4) is 33.8 Å². The van der Waals surface area contributed by atoms with E-state index in [1.165, 1.54) is 63.0 Å². The van der Waals surface area contributed by atoms with Gasteiger partial charge in [-0.05, 0) is 129 Å². The van der Waals surface area contributed by atoms with E-state index in [0.29, 0.717) is 11.8 Å². The van der Waals surface area contributed by atoms with Gasteiger partial charge >= 0.3 is 0 Å². The summed E-state index contributed by atoms with van der Waals surface area (Å²) in [5.74, 6) is 2.97. The van der Waals surface area contributed by atoms with E-state index in [4.69, 9.17) is 4.74 Å². The minimum atomic E-state index is -0.233. The summed E-state index contributed by atoms with van der Waals surface area (Å²) in [4.78, 5) is 2.40. The summed E-state index contributed by atoms with van der Waals surface area (Å²) in [6, 6.07) is 37.6. The topological polar surface area (TPSA) is 12.5 Å². The molecule has 1 atom stereocenters. The predicted octanol–water partition coefficient (Wildman–Crippen LogP) is 13.9. The molecule has 2 aliphatic rings. The van der Waals surface area contributed by atoms with Gasteiger partial charge in [0.1, 0.15) is 0 Å². The van der Waals surface area contributed by atoms with E-state index in [1.54, 1.807) is 0 Å². The van der Waals surface area contributed by atoms with Crippen molar-refractivity contribution in [3.63, 3.8) is 0 Å². The first-order valence-corrected chi connectivity index (χ1v) is 17.8. The molecule has 0 aromatic heterocycles. The molecule has 0 radical (unpaired) electrons. The van der Waals surface area contributed by atoms with Gasteiger partial charge in [-0.3, -0.25) is 0 Å². The number of fused-ring (bicyclic) bond motifs is 4. The van der Waals surface area contributed by atoms with Crippen LogP contribution in [0.25, 0.3) is 33.4 Å². The van der Waals surface area contributed by atoms with E-state index in [1.807, 2.05) is 12.1 Å². The predicted molar refractivity (Wildman–Crippen MR) is 210 cm³/mol. The number of allylic oxidation sites excluding steroid dienone is 4. The summed E-state index contributed by atoms with van der Waals surface area (Å²) in [5.41, 5.74) is 15.1. The van der Waals surface area contributed by atoms with Crippen LogP contribution in [0.15, 0.2) is 128 Å². The molecule has 49 heavy (non-hydrogen) atoms. The zero-order chi connectivity index (χ0) is 34.4. The lowest BCUT2D eigenvalue weighted by molar-refractivity contribution is 0.395. The highest BCUT2D eigenvalue weighted by molar-refractivity contribution is 5.94. The van der Waals surface area contributed by atoms with Crippen LogP contribution >= 0.6 is 0 Å². The minimum absolute atomic E-state index is 0.233. The average molecular weight is 642 g/mol. The van der Waals surface area contributed by atoms with Gasteiger partial charge in [-0.15, -0.1) is 0 Å². The molecule has 0 fully saturated rings. The molecule has 1 unspecified atom stereocenters. The van der Waals surface area contributed by atoms with Gasteiger partial charge in [0.2, 0.25) is 0 Å². The van der Waals surface area contributed by atoms with Gasteiger partial charge in [-0.25, -0.2) is 0 Å². The molecule has 5 aromatic rings. The van der Waals surface area contributed by atoms with Gasteiger partial charge in [-0.1, -0.05) is 121 Å². The second-order valence-corrected chi connectivity index (χ2v) is 14.3. The smallest absolute Gasteiger partial charge is 0.151 e. The van der Waals surface area contributed by atoms with E-state index in [-0.39, 0.29) is 5.41 Å². The normalized spacial score (nSPS) is 14.8. The lowest BCUT2D eigenvalue weighted by atomic mass is 9.72. The molecule has 5 aromatic carbocycles. The molecule has 2 heterocycles. The minimum Gasteiger partial charge on any atom is -0.453 e. The van der Waals surface area contributed by atoms with E-state index in [9.17, 15) is 0 Å². The standard InChI is InChI=1S/C47H47NO/c1-9-30(4)34-16-14-17-35(25-34)38-26-37(32(6)24-31(5)33(10-2)11-3)27-39(28-38)36-22-23-42-41(29-36)47(7,8)40-18-15-21-45-46(40)48(42)43-19-12-13-20-44(43)49-45/h9,12-29,31,33H,1,4,10-11H2,2-3,5-8H3. The van der Waals surface area contributed by atoms with Gasteiger partial charge in [0.15, 0.2) is 11.5 Å². The monoisotopic (exact) mass is 641 g/mol. The van der Waals surface area contributed by atoms with Crippen LogP contribution in [0.5, 0.6) is 11.5 Å². The fourth-order valence-electron chi connectivity index (χ4n) is 7.98. The lowest BCUT2D eigenvalue weighted by Gasteiger charge is -2.45. The average Bonchev–Trinajstić information content (AvgIpc) is 3.13. The van der Waals surface area contributed by atoms with Crippen molar-refractivity contribution in [2.75, 3.05) is 4.90 Å². The van der Waals surface area contributed by atoms with Crippen LogP contribution in [0.2, 0.25) is 0 Å². The van der Waals surface area contributed by atoms with Crippen LogP contribution in [0.1, 0.15) is 76.6 Å². The second kappa shape index (κ2) is 12.7. The Labute approximate surface area is 293 Å². The SMILES string of the molecule is C=CC(=C)c1cccc(-c2cc(C(C)=CC(C)C(CC)CC)cc(-c3ccc4c(c3)C(C)(C)c3cccc5c3N4c3ccccc3O5)c2)c1. The summed E-state index contributed by atoms with van der Waals surface area (Å²) in [6.45, 7) is 22.1. The van der Waals surface area contributed by atoms with Crippen LogP contribution in [0.3, 0.4) is 0 Å². The van der Waals surface area contributed by atoms with Crippen molar-refractivity contribution < 1.29 is 4.74 Å². The summed E-state index contributed by atoms with van der Waals surface area (Å²) in [6.07, 6.45) is 6.69. The zero-order valence-corrected chi connectivity index (χ0v) is 29.8. The highest BCUT2D eigenvalue weighted by atomic mass is 16.5. The third-order valence-electron chi connectivity index (χ3n) is 11.0. The van der Waals surface area contributed by atoms with Gasteiger partial charge in [0.25, 0.3) is 0 Å². The van der Waals surface area contributed by atoms with Crippen LogP contribution < -0.4 is 9.64 Å². The maximum absolute atomic E-state index is 6.45. The van der Waals surface area contributed by atoms with E-state index in [0.717, 1.165) is 34.0 Å². The fourth-order valence-corrected chi connectivity index (χ4v) is 7.98. The highest BCUT2D eigenvalue weighted by Crippen LogP contribution is 2.60. The Balaban J connectivity index is 1.40. The van der Waals surface area contributed by atoms with E-state index < -0.39 is 0 Å². The van der Waals surface area contributed by atoms with Crippen molar-refractivity contribution in [1.29, 1.82) is 0 Å². The number of hydrogen-bond donors (Lipinski definition) is 0. The molecule has 2 heteroatoms. The summed E-state index contributed by atoms with van der Waals surface area (Å²) in [7, 11) is 0. The number of nitrogens with zero attached hydrogens (tertiary/aromatic N) is 1. The quantitative estimate of drug-likeness (QED) is 0.146. The molecule has 0 spiro atoms. The van der Waals surface area contributed by atoms with Crippen molar-refractivity contribution in [1.82, 2.24) is 0 Å². The number of ether oxygens (including phenoxy) is 1. The molecule has 2 aliphatic heterocycles. The molecule has 0 amide bonds. The molecular weight excluding hydrogens is 595 g/mol. The largest absolute Gasteiger partial charge is 0.453 e. The van der Waals surface area contributed by atoms with Gasteiger partial charge in [-0.2, -0.15) is 0 Å². The lowest BCUT2D eigenvalue weighted by Crippen LogP contribution is -2.32. The van der Waals surface area contributed by atoms with Gasteiger partial charge < -0.3 is 9.64 Å². The Bertz CT molecular complexity index is 2120. The maximum atomic E-state index is 6.45. The molecule has 0 aliphatic carbocycles. The number of hydrogen-bond acceptors (Lipinski definition) is 2. The first kappa shape index (κ1) is 32.5. The fraction of sp³-hybridized carbons (Fsp3) is 0.234. The van der Waals surface area contributed by atoms with Gasteiger partial charge in [0, 0.05) is 5.41 Å². The molecule has 2 nitrogen and oxygen atoms in total. The van der Waals surface area contributed by atoms with E-state index >= 15 is 0 Å². The number of anilines is 3. The first-order valence-electron chi connectivity index (χ1n) is 17.8. The Morgan fingerprint density at radius 3 is 2.14 bits per heavy atom. The molecule has 0 N–H and O–H groups in total. The highest BCUT2D eigenvalue weighted by Gasteiger charge is 2.41.